The lowest BCUT2D eigenvalue weighted by Crippen LogP contribution is -2.40. The molecule has 1 N–H and O–H groups in total. The van der Waals surface area contributed by atoms with Gasteiger partial charge in [0.2, 0.25) is 0 Å². The van der Waals surface area contributed by atoms with E-state index in [-0.39, 0.29) is 23.5 Å². The fourth-order valence-electron chi connectivity index (χ4n) is 4.09. The summed E-state index contributed by atoms with van der Waals surface area (Å²) in [6, 6.07) is 6.21. The van der Waals surface area contributed by atoms with Gasteiger partial charge in [-0.2, -0.15) is 0 Å². The molecule has 0 spiro atoms. The monoisotopic (exact) mass is 776 g/mol. The van der Waals surface area contributed by atoms with Crippen LogP contribution >= 0.6 is 65.8 Å². The number of thiazole rings is 1. The largest absolute Gasteiger partial charge is 0.506 e. The Labute approximate surface area is 253 Å². The maximum absolute atomic E-state index is 13.9. The number of esters is 1. The van der Waals surface area contributed by atoms with Crippen LogP contribution in [0, 0.1) is 3.57 Å². The molecule has 0 unspecified atom stereocenters. The summed E-state index contributed by atoms with van der Waals surface area (Å²) in [7, 11) is 1.53. The molecule has 2 aromatic carbocycles. The Morgan fingerprint density at radius 3 is 2.55 bits per heavy atom. The number of rotatable bonds is 7. The summed E-state index contributed by atoms with van der Waals surface area (Å²) in [5.41, 5.74) is 1.76. The highest BCUT2D eigenvalue weighted by atomic mass is 127. The van der Waals surface area contributed by atoms with Crippen LogP contribution in [0.3, 0.4) is 0 Å². The fraction of sp³-hybridized carbons (Fsp3) is 0.269. The average molecular weight is 778 g/mol. The Bertz CT molecular complexity index is 1620. The molecule has 0 saturated heterocycles. The number of halogens is 3. The number of nitrogens with zero attached hydrogens (tertiary/aromatic N) is 2. The molecule has 2 heterocycles. The maximum atomic E-state index is 13.9. The molecule has 38 heavy (non-hydrogen) atoms. The molecule has 0 radical (unpaired) electrons. The maximum Gasteiger partial charge on any atom is 0.338 e. The van der Waals surface area contributed by atoms with Gasteiger partial charge in [0.1, 0.15) is 5.75 Å². The number of carbonyl (C=O) groups excluding carboxylic acids is 1. The van der Waals surface area contributed by atoms with E-state index in [2.05, 4.69) is 36.9 Å². The molecule has 12 heteroatoms. The molecule has 0 aliphatic carbocycles. The summed E-state index contributed by atoms with van der Waals surface area (Å²) in [5, 5.41) is 10.1. The Kier molecular flexibility index (Phi) is 9.05. The van der Waals surface area contributed by atoms with Crippen molar-refractivity contribution in [1.29, 1.82) is 0 Å². The average Bonchev–Trinajstić information content (AvgIpc) is 3.16. The lowest BCUT2D eigenvalue weighted by Gasteiger charge is -2.26. The summed E-state index contributed by atoms with van der Waals surface area (Å²) >= 11 is 10.2. The molecule has 1 aliphatic rings. The minimum Gasteiger partial charge on any atom is -0.506 e. The molecule has 0 bridgehead atoms. The number of hydrogen-bond acceptors (Lipinski definition) is 8. The van der Waals surface area contributed by atoms with Gasteiger partial charge in [0.25, 0.3) is 5.56 Å². The van der Waals surface area contributed by atoms with Crippen molar-refractivity contribution >= 4 is 77.8 Å². The number of allylic oxidation sites excluding steroid dienone is 1. The van der Waals surface area contributed by atoms with Gasteiger partial charge in [0.15, 0.2) is 16.3 Å². The molecule has 0 fully saturated rings. The second kappa shape index (κ2) is 11.9. The summed E-state index contributed by atoms with van der Waals surface area (Å²) in [6.07, 6.45) is 1.74. The molecule has 1 aliphatic heterocycles. The van der Waals surface area contributed by atoms with Gasteiger partial charge in [-0.15, -0.1) is 0 Å². The first-order valence-corrected chi connectivity index (χ1v) is 15.0. The van der Waals surface area contributed by atoms with Gasteiger partial charge in [-0.25, -0.2) is 9.79 Å². The van der Waals surface area contributed by atoms with Crippen molar-refractivity contribution in [2.75, 3.05) is 20.3 Å². The molecule has 8 nitrogen and oxygen atoms in total. The van der Waals surface area contributed by atoms with E-state index in [1.165, 1.54) is 23.0 Å². The minimum absolute atomic E-state index is 0.133. The second-order valence-electron chi connectivity index (χ2n) is 8.09. The number of aromatic hydroxyl groups is 1. The van der Waals surface area contributed by atoms with Crippen LogP contribution in [0.25, 0.3) is 6.08 Å². The Morgan fingerprint density at radius 2 is 1.92 bits per heavy atom. The molecule has 1 aromatic heterocycles. The highest BCUT2D eigenvalue weighted by molar-refractivity contribution is 14.1. The number of phenolic OH excluding ortho intramolecular Hbond substituents is 1. The van der Waals surface area contributed by atoms with Crippen LogP contribution in [0.4, 0.5) is 0 Å². The molecule has 1 atom stereocenters. The van der Waals surface area contributed by atoms with E-state index in [0.717, 1.165) is 5.56 Å². The predicted octanol–water partition coefficient (Wildman–Crippen LogP) is 5.04. The van der Waals surface area contributed by atoms with Crippen LogP contribution in [0.1, 0.15) is 37.9 Å². The van der Waals surface area contributed by atoms with Crippen LogP contribution in [0.15, 0.2) is 54.3 Å². The van der Waals surface area contributed by atoms with Crippen LogP contribution in [-0.2, 0) is 9.53 Å². The molecule has 0 saturated carbocycles. The van der Waals surface area contributed by atoms with Crippen molar-refractivity contribution in [3.63, 3.8) is 0 Å². The number of carbonyl (C=O) groups is 1. The normalized spacial score (nSPS) is 15.2. The van der Waals surface area contributed by atoms with E-state index in [1.54, 1.807) is 44.2 Å². The first kappa shape index (κ1) is 28.8. The number of hydrogen-bond donors (Lipinski definition) is 1. The summed E-state index contributed by atoms with van der Waals surface area (Å²) in [5.74, 6) is 0.579. The first-order valence-electron chi connectivity index (χ1n) is 11.5. The van der Waals surface area contributed by atoms with Crippen molar-refractivity contribution in [3.8, 4) is 17.2 Å². The van der Waals surface area contributed by atoms with E-state index in [0.29, 0.717) is 51.2 Å². The molecule has 200 valence electrons. The third-order valence-corrected chi connectivity index (χ3v) is 8.83. The highest BCUT2D eigenvalue weighted by Gasteiger charge is 2.35. The third kappa shape index (κ3) is 5.45. The fourth-order valence-corrected chi connectivity index (χ4v) is 7.18. The Morgan fingerprint density at radius 1 is 1.18 bits per heavy atom. The van der Waals surface area contributed by atoms with Crippen LogP contribution in [0.5, 0.6) is 17.2 Å². The highest BCUT2D eigenvalue weighted by Crippen LogP contribution is 2.41. The SMILES string of the molecule is CCOC(=O)C1=C(C)N=c2s/c(=C/c3cc(Br)c(O)c(I)c3)c(=O)n2[C@@H]1c1cc(OC)c(OCC)cc1Br. The lowest BCUT2D eigenvalue weighted by atomic mass is 9.95. The van der Waals surface area contributed by atoms with Crippen molar-refractivity contribution in [2.24, 2.45) is 4.99 Å². The van der Waals surface area contributed by atoms with Gasteiger partial charge < -0.3 is 19.3 Å². The Balaban J connectivity index is 2.00. The smallest absolute Gasteiger partial charge is 0.338 e. The Hall–Kier alpha value is -2.16. The van der Waals surface area contributed by atoms with Crippen molar-refractivity contribution < 1.29 is 24.1 Å². The van der Waals surface area contributed by atoms with E-state index < -0.39 is 12.0 Å². The van der Waals surface area contributed by atoms with Gasteiger partial charge in [-0.3, -0.25) is 9.36 Å². The number of benzene rings is 2. The second-order valence-corrected chi connectivity index (χ2v) is 12.0. The first-order chi connectivity index (χ1) is 18.1. The predicted molar refractivity (Wildman–Crippen MR) is 161 cm³/mol. The topological polar surface area (TPSA) is 99.4 Å². The van der Waals surface area contributed by atoms with Gasteiger partial charge >= 0.3 is 5.97 Å². The molecule has 3 aromatic rings. The molecule has 4 rings (SSSR count). The van der Waals surface area contributed by atoms with Crippen molar-refractivity contribution in [2.45, 2.75) is 26.8 Å². The zero-order valence-electron chi connectivity index (χ0n) is 20.8. The van der Waals surface area contributed by atoms with E-state index in [9.17, 15) is 14.7 Å². The van der Waals surface area contributed by atoms with E-state index >= 15 is 0 Å². The third-order valence-electron chi connectivity index (χ3n) is 5.73. The number of fused-ring (bicyclic) bond motifs is 1. The standard InChI is InChI=1S/C26H23Br2IN2O6S/c1-5-36-19-11-15(27)14(10-18(19)35-4)22-21(25(34)37-6-2)12(3)30-26-31(22)24(33)20(38-26)9-13-7-16(28)23(32)17(29)8-13/h7-11,22,32H,5-6H2,1-4H3/b20-9+/t22-/m1/s1. The zero-order chi connectivity index (χ0) is 27.7. The quantitative estimate of drug-likeness (QED) is 0.267. The van der Waals surface area contributed by atoms with E-state index in [1.807, 2.05) is 29.5 Å². The van der Waals surface area contributed by atoms with Crippen LogP contribution in [-0.4, -0.2) is 36.0 Å². The zero-order valence-corrected chi connectivity index (χ0v) is 26.9. The number of ether oxygens (including phenoxy) is 3. The van der Waals surface area contributed by atoms with Crippen molar-refractivity contribution in [3.05, 3.63) is 78.9 Å². The van der Waals surface area contributed by atoms with Gasteiger partial charge in [0.05, 0.1) is 50.2 Å². The van der Waals surface area contributed by atoms with Gasteiger partial charge in [-0.05, 0) is 101 Å². The lowest BCUT2D eigenvalue weighted by molar-refractivity contribution is -0.139. The van der Waals surface area contributed by atoms with E-state index in [4.69, 9.17) is 14.2 Å². The van der Waals surface area contributed by atoms with Gasteiger partial charge in [0, 0.05) is 4.47 Å². The minimum atomic E-state index is -0.821. The summed E-state index contributed by atoms with van der Waals surface area (Å²) < 4.78 is 20.4. The number of aromatic nitrogens is 1. The number of methoxy groups -OCH3 is 1. The van der Waals surface area contributed by atoms with Crippen molar-refractivity contribution in [1.82, 2.24) is 4.57 Å². The molecule has 0 amide bonds. The summed E-state index contributed by atoms with van der Waals surface area (Å²) in [6.45, 7) is 5.95. The van der Waals surface area contributed by atoms with Gasteiger partial charge in [-0.1, -0.05) is 27.3 Å². The number of phenols is 1. The van der Waals surface area contributed by atoms with Crippen LogP contribution < -0.4 is 24.4 Å². The summed E-state index contributed by atoms with van der Waals surface area (Å²) in [4.78, 5) is 32.1. The molecular formula is C26H23Br2IN2O6S. The molecular weight excluding hydrogens is 755 g/mol. The van der Waals surface area contributed by atoms with Crippen LogP contribution in [0.2, 0.25) is 0 Å².